The summed E-state index contributed by atoms with van der Waals surface area (Å²) in [6, 6.07) is 70.1. The third-order valence-electron chi connectivity index (χ3n) is 10.8. The van der Waals surface area contributed by atoms with Crippen molar-refractivity contribution in [1.29, 1.82) is 0 Å². The van der Waals surface area contributed by atoms with Gasteiger partial charge in [-0.2, -0.15) is 0 Å². The van der Waals surface area contributed by atoms with Gasteiger partial charge in [-0.1, -0.05) is 164 Å². The van der Waals surface area contributed by atoms with Gasteiger partial charge < -0.3 is 9.73 Å². The van der Waals surface area contributed by atoms with Gasteiger partial charge in [0, 0.05) is 11.1 Å². The number of furan rings is 1. The lowest BCUT2D eigenvalue weighted by Gasteiger charge is -2.34. The van der Waals surface area contributed by atoms with Gasteiger partial charge in [-0.05, 0) is 92.4 Å². The van der Waals surface area contributed by atoms with E-state index in [9.17, 15) is 0 Å². The van der Waals surface area contributed by atoms with Crippen LogP contribution in [0, 0.1) is 0 Å². The van der Waals surface area contributed by atoms with Crippen molar-refractivity contribution in [2.75, 3.05) is 5.32 Å². The minimum atomic E-state index is -0.423. The lowest BCUT2D eigenvalue weighted by atomic mass is 9.67. The maximum atomic E-state index is 6.31. The first kappa shape index (κ1) is 30.2. The molecule has 0 fully saturated rings. The van der Waals surface area contributed by atoms with Crippen LogP contribution in [-0.4, -0.2) is 0 Å². The van der Waals surface area contributed by atoms with Gasteiger partial charge in [0.25, 0.3) is 0 Å². The molecule has 1 heterocycles. The van der Waals surface area contributed by atoms with Gasteiger partial charge in [-0.25, -0.2) is 0 Å². The van der Waals surface area contributed by atoms with Crippen LogP contribution < -0.4 is 5.32 Å². The summed E-state index contributed by atoms with van der Waals surface area (Å²) < 4.78 is 6.31. The lowest BCUT2D eigenvalue weighted by molar-refractivity contribution is 0.669. The highest BCUT2D eigenvalue weighted by Crippen LogP contribution is 2.56. The van der Waals surface area contributed by atoms with Crippen molar-refractivity contribution in [2.45, 2.75) is 11.8 Å². The number of nitrogens with one attached hydrogen (secondary N) is 1. The van der Waals surface area contributed by atoms with Crippen LogP contribution in [0.25, 0.3) is 44.2 Å². The first-order valence-electron chi connectivity index (χ1n) is 18.0. The SMILES string of the molecule is c1ccc(Cc2ccc3oc4ccccc4c3c2Nc2ccc(-c3cccc(C4(c5ccccc5)c5ccccc5-c5ccccc54)c3)cc2)cc1. The molecule has 0 bridgehead atoms. The number of hydrogen-bond acceptors (Lipinski definition) is 2. The van der Waals surface area contributed by atoms with E-state index in [2.05, 4.69) is 187 Å². The molecule has 0 radical (unpaired) electrons. The van der Waals surface area contributed by atoms with Crippen molar-refractivity contribution in [3.63, 3.8) is 0 Å². The van der Waals surface area contributed by atoms with Crippen LogP contribution in [0.15, 0.2) is 199 Å². The van der Waals surface area contributed by atoms with E-state index in [1.165, 1.54) is 55.6 Å². The van der Waals surface area contributed by atoms with Gasteiger partial charge in [0.15, 0.2) is 0 Å². The molecule has 0 aliphatic heterocycles. The van der Waals surface area contributed by atoms with E-state index >= 15 is 0 Å². The minimum absolute atomic E-state index is 0.423. The summed E-state index contributed by atoms with van der Waals surface area (Å²) in [5.41, 5.74) is 16.1. The summed E-state index contributed by atoms with van der Waals surface area (Å²) in [5.74, 6) is 0. The quantitative estimate of drug-likeness (QED) is 0.183. The second-order valence-electron chi connectivity index (χ2n) is 13.7. The topological polar surface area (TPSA) is 25.2 Å². The standard InChI is InChI=1S/C50H35NO/c1-3-14-34(15-4-1)32-37-28-31-47-48(43-22-9-12-25-46(43)52-47)49(37)51-40-29-26-35(27-30-40)36-16-13-19-39(33-36)50(38-17-5-2-6-18-38)44-23-10-7-20-41(44)42-21-8-11-24-45(42)50/h1-31,33,51H,32H2. The van der Waals surface area contributed by atoms with Crippen LogP contribution >= 0.6 is 0 Å². The number of benzene rings is 8. The predicted octanol–water partition coefficient (Wildman–Crippen LogP) is 13.0. The minimum Gasteiger partial charge on any atom is -0.456 e. The zero-order valence-corrected chi connectivity index (χ0v) is 28.6. The summed E-state index contributed by atoms with van der Waals surface area (Å²) in [6.45, 7) is 0. The van der Waals surface area contributed by atoms with E-state index in [1.807, 2.05) is 12.1 Å². The third-order valence-corrected chi connectivity index (χ3v) is 10.8. The Morgan fingerprint density at radius 2 is 1.10 bits per heavy atom. The van der Waals surface area contributed by atoms with Gasteiger partial charge in [-0.15, -0.1) is 0 Å². The molecule has 0 spiro atoms. The van der Waals surface area contributed by atoms with Crippen molar-refractivity contribution < 1.29 is 4.42 Å². The van der Waals surface area contributed by atoms with E-state index < -0.39 is 5.41 Å². The highest BCUT2D eigenvalue weighted by Gasteiger charge is 2.45. The van der Waals surface area contributed by atoms with Crippen molar-refractivity contribution in [3.05, 3.63) is 228 Å². The van der Waals surface area contributed by atoms with E-state index in [4.69, 9.17) is 4.42 Å². The first-order valence-corrected chi connectivity index (χ1v) is 18.0. The van der Waals surface area contributed by atoms with Gasteiger partial charge in [0.1, 0.15) is 11.2 Å². The van der Waals surface area contributed by atoms with Crippen molar-refractivity contribution in [3.8, 4) is 22.3 Å². The Morgan fingerprint density at radius 3 is 1.85 bits per heavy atom. The summed E-state index contributed by atoms with van der Waals surface area (Å²) >= 11 is 0. The second kappa shape index (κ2) is 12.3. The molecule has 10 rings (SSSR count). The van der Waals surface area contributed by atoms with Crippen molar-refractivity contribution in [2.24, 2.45) is 0 Å². The van der Waals surface area contributed by atoms with Crippen LogP contribution in [-0.2, 0) is 11.8 Å². The fourth-order valence-corrected chi connectivity index (χ4v) is 8.50. The number of fused-ring (bicyclic) bond motifs is 6. The normalized spacial score (nSPS) is 12.8. The lowest BCUT2D eigenvalue weighted by Crippen LogP contribution is -2.28. The average Bonchev–Trinajstić information content (AvgIpc) is 3.74. The number of para-hydroxylation sites is 1. The molecule has 1 aliphatic rings. The first-order chi connectivity index (χ1) is 25.8. The Kier molecular flexibility index (Phi) is 7.14. The second-order valence-corrected chi connectivity index (χ2v) is 13.7. The predicted molar refractivity (Wildman–Crippen MR) is 215 cm³/mol. The summed E-state index contributed by atoms with van der Waals surface area (Å²) in [7, 11) is 0. The highest BCUT2D eigenvalue weighted by atomic mass is 16.3. The van der Waals surface area contributed by atoms with Gasteiger partial charge in [-0.3, -0.25) is 0 Å². The highest BCUT2D eigenvalue weighted by molar-refractivity contribution is 6.13. The van der Waals surface area contributed by atoms with E-state index in [1.54, 1.807) is 0 Å². The molecule has 2 heteroatoms. The summed E-state index contributed by atoms with van der Waals surface area (Å²) in [6.07, 6.45) is 0.818. The Bertz CT molecular complexity index is 2680. The van der Waals surface area contributed by atoms with Crippen LogP contribution in [0.1, 0.15) is 33.4 Å². The molecule has 246 valence electrons. The number of hydrogen-bond donors (Lipinski definition) is 1. The molecule has 1 aliphatic carbocycles. The smallest absolute Gasteiger partial charge is 0.137 e. The van der Waals surface area contributed by atoms with Gasteiger partial charge >= 0.3 is 0 Å². The molecule has 9 aromatic rings. The molecule has 0 saturated heterocycles. The molecule has 0 unspecified atom stereocenters. The van der Waals surface area contributed by atoms with E-state index in [0.29, 0.717) is 0 Å². The Morgan fingerprint density at radius 1 is 0.462 bits per heavy atom. The molecule has 8 aromatic carbocycles. The van der Waals surface area contributed by atoms with E-state index in [-0.39, 0.29) is 0 Å². The molecule has 0 amide bonds. The molecular formula is C50H35NO. The van der Waals surface area contributed by atoms with Crippen molar-refractivity contribution >= 4 is 33.3 Å². The van der Waals surface area contributed by atoms with Crippen LogP contribution in [0.4, 0.5) is 11.4 Å². The fraction of sp³-hybridized carbons (Fsp3) is 0.0400. The van der Waals surface area contributed by atoms with E-state index in [0.717, 1.165) is 39.7 Å². The monoisotopic (exact) mass is 665 g/mol. The average molecular weight is 666 g/mol. The maximum absolute atomic E-state index is 6.31. The Balaban J connectivity index is 1.06. The van der Waals surface area contributed by atoms with Crippen LogP contribution in [0.3, 0.4) is 0 Å². The van der Waals surface area contributed by atoms with Crippen LogP contribution in [0.2, 0.25) is 0 Å². The largest absolute Gasteiger partial charge is 0.456 e. The zero-order valence-electron chi connectivity index (χ0n) is 28.6. The zero-order chi connectivity index (χ0) is 34.5. The summed E-state index contributed by atoms with van der Waals surface area (Å²) in [4.78, 5) is 0. The number of rotatable bonds is 7. The molecule has 1 aromatic heterocycles. The molecule has 2 nitrogen and oxygen atoms in total. The van der Waals surface area contributed by atoms with Crippen molar-refractivity contribution in [1.82, 2.24) is 0 Å². The molecule has 0 saturated carbocycles. The number of anilines is 2. The van der Waals surface area contributed by atoms with Gasteiger partial charge in [0.2, 0.25) is 0 Å². The molecular weight excluding hydrogens is 631 g/mol. The summed E-state index contributed by atoms with van der Waals surface area (Å²) in [5, 5.41) is 6.07. The molecule has 0 atom stereocenters. The molecule has 1 N–H and O–H groups in total. The van der Waals surface area contributed by atoms with Gasteiger partial charge in [0.05, 0.1) is 16.5 Å². The maximum Gasteiger partial charge on any atom is 0.137 e. The Labute approximate surface area is 303 Å². The fourth-order valence-electron chi connectivity index (χ4n) is 8.50. The third kappa shape index (κ3) is 4.80. The molecule has 52 heavy (non-hydrogen) atoms. The van der Waals surface area contributed by atoms with Crippen LogP contribution in [0.5, 0.6) is 0 Å². The Hall–Kier alpha value is -6.64.